The number of ketones is 1. The van der Waals surface area contributed by atoms with E-state index in [-0.39, 0.29) is 30.1 Å². The lowest BCUT2D eigenvalue weighted by Gasteiger charge is -2.18. The van der Waals surface area contributed by atoms with Gasteiger partial charge in [0.25, 0.3) is 5.78 Å². The Labute approximate surface area is 118 Å². The number of nitrogens with zero attached hydrogens (tertiary/aromatic N) is 2. The van der Waals surface area contributed by atoms with Crippen molar-refractivity contribution in [3.8, 4) is 0 Å². The number of hydrogen-bond donors (Lipinski definition) is 1. The maximum absolute atomic E-state index is 12.3. The van der Waals surface area contributed by atoms with Crippen molar-refractivity contribution in [1.29, 1.82) is 0 Å². The van der Waals surface area contributed by atoms with E-state index in [0.717, 1.165) is 5.56 Å². The summed E-state index contributed by atoms with van der Waals surface area (Å²) in [6.07, 6.45) is 0. The van der Waals surface area contributed by atoms with Gasteiger partial charge in [0, 0.05) is 14.0 Å². The van der Waals surface area contributed by atoms with E-state index in [0.29, 0.717) is 5.84 Å². The van der Waals surface area contributed by atoms with Crippen LogP contribution in [0.3, 0.4) is 0 Å². The molecular weight excluding hydrogens is 266 g/mol. The van der Waals surface area contributed by atoms with Crippen LogP contribution in [-0.2, 0) is 9.59 Å². The molecule has 0 spiro atoms. The second kappa shape index (κ2) is 5.84. The number of benzene rings is 1. The maximum atomic E-state index is 12.3. The third-order valence-corrected chi connectivity index (χ3v) is 3.06. The number of amidine groups is 1. The molecule has 1 unspecified atom stereocenters. The number of hydrazone groups is 1. The van der Waals surface area contributed by atoms with Crippen LogP contribution in [0.25, 0.3) is 0 Å². The Hall–Kier alpha value is -1.88. The summed E-state index contributed by atoms with van der Waals surface area (Å²) >= 11 is 0. The van der Waals surface area contributed by atoms with Crippen LogP contribution in [0, 0.1) is 0 Å². The number of carbonyl (C=O) groups excluding carboxylic acids is 2. The van der Waals surface area contributed by atoms with Gasteiger partial charge in [-0.3, -0.25) is 4.79 Å². The van der Waals surface area contributed by atoms with E-state index in [1.165, 1.54) is 6.92 Å². The number of nitrogens with one attached hydrogen (secondary N) is 1. The van der Waals surface area contributed by atoms with E-state index in [2.05, 4.69) is 5.32 Å². The van der Waals surface area contributed by atoms with Gasteiger partial charge < -0.3 is 12.4 Å². The lowest BCUT2D eigenvalue weighted by molar-refractivity contribution is -0.661. The molecule has 1 aliphatic heterocycles. The van der Waals surface area contributed by atoms with E-state index in [1.807, 2.05) is 42.4 Å². The first kappa shape index (κ1) is 15.2. The second-order valence-corrected chi connectivity index (χ2v) is 4.30. The minimum Gasteiger partial charge on any atom is -1.00 e. The fraction of sp³-hybridized carbons (Fsp3) is 0.308. The SMILES string of the molecule is CC(=O)NC1=[N+](C)N(C)C(c2ccccc2)C1=O.[Cl-]. The van der Waals surface area contributed by atoms with Gasteiger partial charge in [0.2, 0.25) is 0 Å². The minimum absolute atomic E-state index is 0. The van der Waals surface area contributed by atoms with Gasteiger partial charge in [0.1, 0.15) is 7.05 Å². The Morgan fingerprint density at radius 3 is 2.42 bits per heavy atom. The molecule has 0 aliphatic carbocycles. The van der Waals surface area contributed by atoms with Crippen LogP contribution in [0.2, 0.25) is 0 Å². The highest BCUT2D eigenvalue weighted by atomic mass is 35.5. The summed E-state index contributed by atoms with van der Waals surface area (Å²) in [6, 6.07) is 9.14. The highest BCUT2D eigenvalue weighted by Gasteiger charge is 2.43. The number of hydrazine groups is 1. The van der Waals surface area contributed by atoms with Gasteiger partial charge in [-0.15, -0.1) is 0 Å². The zero-order chi connectivity index (χ0) is 13.3. The van der Waals surface area contributed by atoms with E-state index in [1.54, 1.807) is 11.7 Å². The van der Waals surface area contributed by atoms with Crippen molar-refractivity contribution < 1.29 is 26.7 Å². The standard InChI is InChI=1S/C13H15N3O2.ClH/c1-9(17)14-13-12(18)11(15(2)16(13)3)10-7-5-4-6-8-10;/h4-8,11H,1-3H3;1H. The number of halogens is 1. The van der Waals surface area contributed by atoms with Gasteiger partial charge in [-0.2, -0.15) is 4.68 Å². The third kappa shape index (κ3) is 2.76. The molecule has 0 bridgehead atoms. The molecule has 19 heavy (non-hydrogen) atoms. The van der Waals surface area contributed by atoms with E-state index in [4.69, 9.17) is 0 Å². The average Bonchev–Trinajstić information content (AvgIpc) is 2.54. The van der Waals surface area contributed by atoms with Gasteiger partial charge in [-0.25, -0.2) is 15.1 Å². The lowest BCUT2D eigenvalue weighted by Crippen LogP contribution is -3.00. The van der Waals surface area contributed by atoms with Crippen LogP contribution >= 0.6 is 0 Å². The largest absolute Gasteiger partial charge is 1.00 e. The highest BCUT2D eigenvalue weighted by molar-refractivity contribution is 6.41. The minimum atomic E-state index is -0.377. The number of amides is 1. The summed E-state index contributed by atoms with van der Waals surface area (Å²) < 4.78 is 1.67. The van der Waals surface area contributed by atoms with Crippen molar-refractivity contribution in [2.75, 3.05) is 14.1 Å². The van der Waals surface area contributed by atoms with Crippen molar-refractivity contribution in [2.24, 2.45) is 0 Å². The summed E-state index contributed by atoms with van der Waals surface area (Å²) in [6.45, 7) is 1.39. The molecule has 0 saturated carbocycles. The molecule has 1 N–H and O–H groups in total. The van der Waals surface area contributed by atoms with E-state index < -0.39 is 0 Å². The highest BCUT2D eigenvalue weighted by Crippen LogP contribution is 2.24. The molecule has 0 radical (unpaired) electrons. The van der Waals surface area contributed by atoms with Crippen LogP contribution in [-0.4, -0.2) is 41.3 Å². The molecule has 1 amide bonds. The number of hydrogen-bond acceptors (Lipinski definition) is 3. The normalized spacial score (nSPS) is 18.4. The fourth-order valence-corrected chi connectivity index (χ4v) is 2.10. The average molecular weight is 282 g/mol. The van der Waals surface area contributed by atoms with Gasteiger partial charge in [0.15, 0.2) is 6.04 Å². The van der Waals surface area contributed by atoms with Crippen molar-refractivity contribution >= 4 is 17.5 Å². The summed E-state index contributed by atoms with van der Waals surface area (Å²) in [5, 5.41) is 4.39. The summed E-state index contributed by atoms with van der Waals surface area (Å²) in [4.78, 5) is 23.4. The lowest BCUT2D eigenvalue weighted by atomic mass is 10.0. The smallest absolute Gasteiger partial charge is 0.346 e. The van der Waals surface area contributed by atoms with Gasteiger partial charge in [0.05, 0.1) is 0 Å². The van der Waals surface area contributed by atoms with Crippen LogP contribution in [0.1, 0.15) is 18.5 Å². The van der Waals surface area contributed by atoms with Gasteiger partial charge in [-0.1, -0.05) is 30.3 Å². The van der Waals surface area contributed by atoms with Crippen LogP contribution in [0.5, 0.6) is 0 Å². The molecular formula is C13H16ClN3O2. The number of rotatable bonds is 1. The third-order valence-electron chi connectivity index (χ3n) is 3.06. The zero-order valence-electron chi connectivity index (χ0n) is 11.1. The van der Waals surface area contributed by atoms with Crippen molar-refractivity contribution in [3.63, 3.8) is 0 Å². The molecule has 1 heterocycles. The van der Waals surface area contributed by atoms with Crippen molar-refractivity contribution in [2.45, 2.75) is 13.0 Å². The number of carbonyl (C=O) groups is 2. The van der Waals surface area contributed by atoms with E-state index >= 15 is 0 Å². The molecule has 6 heteroatoms. The first-order valence-electron chi connectivity index (χ1n) is 5.72. The monoisotopic (exact) mass is 281 g/mol. The molecule has 5 nitrogen and oxygen atoms in total. The molecule has 1 atom stereocenters. The van der Waals surface area contributed by atoms with Crippen molar-refractivity contribution in [3.05, 3.63) is 35.9 Å². The van der Waals surface area contributed by atoms with Crippen LogP contribution < -0.4 is 17.7 Å². The molecule has 2 rings (SSSR count). The fourth-order valence-electron chi connectivity index (χ4n) is 2.10. The molecule has 0 fully saturated rings. The van der Waals surface area contributed by atoms with Gasteiger partial charge in [-0.05, 0) is 5.56 Å². The Morgan fingerprint density at radius 1 is 1.32 bits per heavy atom. The Balaban J connectivity index is 0.00000180. The topological polar surface area (TPSA) is 52.4 Å². The van der Waals surface area contributed by atoms with Crippen LogP contribution in [0.4, 0.5) is 0 Å². The molecule has 0 aromatic heterocycles. The van der Waals surface area contributed by atoms with Crippen LogP contribution in [0.15, 0.2) is 30.3 Å². The first-order chi connectivity index (χ1) is 8.52. The number of likely N-dealkylation sites (N-methyl/N-ethyl adjacent to an activating group) is 1. The molecule has 1 aromatic carbocycles. The molecule has 102 valence electrons. The Morgan fingerprint density at radius 2 is 1.89 bits per heavy atom. The Bertz CT molecular complexity index is 528. The molecule has 1 aliphatic rings. The second-order valence-electron chi connectivity index (χ2n) is 4.30. The van der Waals surface area contributed by atoms with E-state index in [9.17, 15) is 9.59 Å². The van der Waals surface area contributed by atoms with Crippen molar-refractivity contribution in [1.82, 2.24) is 10.3 Å². The number of Topliss-reactive ketones (excluding diaryl/α,β-unsaturated/α-hetero) is 1. The van der Waals surface area contributed by atoms with Gasteiger partial charge >= 0.3 is 11.7 Å². The summed E-state index contributed by atoms with van der Waals surface area (Å²) in [5.41, 5.74) is 0.914. The predicted octanol–water partition coefficient (Wildman–Crippen LogP) is -2.66. The Kier molecular flexibility index (Phi) is 4.67. The first-order valence-corrected chi connectivity index (χ1v) is 5.72. The molecule has 1 aromatic rings. The quantitative estimate of drug-likeness (QED) is 0.572. The molecule has 0 saturated heterocycles. The summed E-state index contributed by atoms with van der Waals surface area (Å²) in [7, 11) is 3.58. The predicted molar refractivity (Wildman–Crippen MR) is 67.0 cm³/mol. The summed E-state index contributed by atoms with van der Waals surface area (Å²) in [5.74, 6) is -0.0208. The maximum Gasteiger partial charge on any atom is 0.346 e. The zero-order valence-corrected chi connectivity index (χ0v) is 11.8.